The van der Waals surface area contributed by atoms with Gasteiger partial charge in [-0.25, -0.2) is 8.78 Å². The summed E-state index contributed by atoms with van der Waals surface area (Å²) in [5.41, 5.74) is 3.37. The molecule has 1 fully saturated rings. The highest BCUT2D eigenvalue weighted by Crippen LogP contribution is 2.38. The minimum Gasteiger partial charge on any atom is -0.380 e. The lowest BCUT2D eigenvalue weighted by molar-refractivity contribution is -0.0587. The van der Waals surface area contributed by atoms with Crippen molar-refractivity contribution >= 4 is 39.6 Å². The summed E-state index contributed by atoms with van der Waals surface area (Å²) in [5.74, 6) is -1.83. The fourth-order valence-electron chi connectivity index (χ4n) is 4.83. The quantitative estimate of drug-likeness (QED) is 0.199. The molecular formula is C27H25F5N6O. The molecule has 4 N–H and O–H groups in total. The molecule has 1 aromatic heterocycles. The Kier molecular flexibility index (Phi) is 6.67. The molecule has 0 spiro atoms. The minimum atomic E-state index is -5.04. The lowest BCUT2D eigenvalue weighted by Crippen LogP contribution is -2.33. The number of nitrogens with one attached hydrogen (secondary N) is 2. The van der Waals surface area contributed by atoms with Crippen LogP contribution in [0.15, 0.2) is 53.1 Å². The van der Waals surface area contributed by atoms with E-state index in [0.717, 1.165) is 31.6 Å². The zero-order valence-electron chi connectivity index (χ0n) is 21.0. The Bertz CT molecular complexity index is 1570. The second-order valence-corrected chi connectivity index (χ2v) is 9.61. The van der Waals surface area contributed by atoms with Gasteiger partial charge >= 0.3 is 6.18 Å². The van der Waals surface area contributed by atoms with Crippen molar-refractivity contribution in [3.63, 3.8) is 0 Å². The first-order valence-electron chi connectivity index (χ1n) is 12.1. The number of benzene rings is 3. The summed E-state index contributed by atoms with van der Waals surface area (Å²) < 4.78 is 76.8. The molecule has 0 radical (unpaired) electrons. The number of hydrogen-bond donors (Lipinski definition) is 3. The van der Waals surface area contributed by atoms with Crippen molar-refractivity contribution in [3.8, 4) is 11.1 Å². The first-order valence-corrected chi connectivity index (χ1v) is 12.1. The average molecular weight is 545 g/mol. The van der Waals surface area contributed by atoms with E-state index in [1.54, 1.807) is 6.07 Å². The lowest BCUT2D eigenvalue weighted by Gasteiger charge is -2.27. The van der Waals surface area contributed by atoms with Crippen LogP contribution < -0.4 is 16.0 Å². The van der Waals surface area contributed by atoms with Gasteiger partial charge in [0, 0.05) is 47.7 Å². The third-order valence-corrected chi connectivity index (χ3v) is 7.03. The van der Waals surface area contributed by atoms with Gasteiger partial charge in [-0.3, -0.25) is 5.41 Å². The minimum absolute atomic E-state index is 0.0440. The van der Waals surface area contributed by atoms with Crippen LogP contribution in [0.1, 0.15) is 12.0 Å². The molecule has 1 aliphatic rings. The summed E-state index contributed by atoms with van der Waals surface area (Å²) in [6.45, 7) is 1.74. The van der Waals surface area contributed by atoms with Crippen molar-refractivity contribution in [1.82, 2.24) is 10.1 Å². The highest BCUT2D eigenvalue weighted by Gasteiger charge is 2.37. The van der Waals surface area contributed by atoms with Gasteiger partial charge in [-0.15, -0.1) is 0 Å². The molecule has 0 amide bonds. The molecule has 12 heteroatoms. The van der Waals surface area contributed by atoms with Crippen LogP contribution in [-0.4, -0.2) is 55.2 Å². The van der Waals surface area contributed by atoms with Crippen LogP contribution in [0.5, 0.6) is 0 Å². The first kappa shape index (κ1) is 26.4. The molecule has 204 valence electrons. The Morgan fingerprint density at radius 1 is 1.13 bits per heavy atom. The summed E-state index contributed by atoms with van der Waals surface area (Å²) in [7, 11) is 3.87. The summed E-state index contributed by atoms with van der Waals surface area (Å²) in [6.07, 6.45) is -4.13. The van der Waals surface area contributed by atoms with Gasteiger partial charge in [0.05, 0.1) is 11.1 Å². The fraction of sp³-hybridized carbons (Fsp3) is 0.259. The van der Waals surface area contributed by atoms with Crippen molar-refractivity contribution in [2.75, 3.05) is 43.1 Å². The van der Waals surface area contributed by atoms with Crippen LogP contribution in [0.3, 0.4) is 0 Å². The summed E-state index contributed by atoms with van der Waals surface area (Å²) in [6, 6.07) is 10.9. The lowest BCUT2D eigenvalue weighted by atomic mass is 9.97. The summed E-state index contributed by atoms with van der Waals surface area (Å²) >= 11 is 0. The normalized spacial score (nSPS) is 16.1. The van der Waals surface area contributed by atoms with E-state index in [2.05, 4.69) is 15.4 Å². The van der Waals surface area contributed by atoms with Crippen LogP contribution in [0.25, 0.3) is 22.1 Å². The van der Waals surface area contributed by atoms with Gasteiger partial charge in [-0.2, -0.15) is 13.2 Å². The first-order chi connectivity index (χ1) is 18.4. The predicted octanol–water partition coefficient (Wildman–Crippen LogP) is 6.17. The Hall–Kier alpha value is -4.19. The number of fused-ring (bicyclic) bond motifs is 1. The molecule has 0 bridgehead atoms. The number of alkyl halides is 3. The summed E-state index contributed by atoms with van der Waals surface area (Å²) in [5, 5.41) is 14.3. The molecule has 2 heterocycles. The van der Waals surface area contributed by atoms with E-state index in [9.17, 15) is 13.2 Å². The molecule has 0 saturated carbocycles. The number of likely N-dealkylation sites (N-methyl/N-ethyl adjacent to an activating group) is 2. The smallest absolute Gasteiger partial charge is 0.380 e. The molecule has 1 unspecified atom stereocenters. The maximum absolute atomic E-state index is 15.9. The second-order valence-electron chi connectivity index (χ2n) is 9.61. The molecule has 1 atom stereocenters. The average Bonchev–Trinajstić information content (AvgIpc) is 3.49. The molecule has 1 saturated heterocycles. The number of nitrogen functional groups attached to an aromatic ring is 1. The van der Waals surface area contributed by atoms with Crippen LogP contribution in [-0.2, 0) is 0 Å². The Balaban J connectivity index is 1.56. The molecule has 4 aromatic rings. The van der Waals surface area contributed by atoms with Gasteiger partial charge in [-0.1, -0.05) is 11.2 Å². The molecule has 3 aromatic carbocycles. The highest BCUT2D eigenvalue weighted by molar-refractivity contribution is 6.08. The van der Waals surface area contributed by atoms with E-state index in [4.69, 9.17) is 15.7 Å². The largest absolute Gasteiger partial charge is 0.433 e. The summed E-state index contributed by atoms with van der Waals surface area (Å²) in [4.78, 5) is 4.13. The molecule has 39 heavy (non-hydrogen) atoms. The zero-order valence-corrected chi connectivity index (χ0v) is 21.0. The molecule has 0 aliphatic carbocycles. The second kappa shape index (κ2) is 9.84. The number of nitrogens with zero attached hydrogens (tertiary/aromatic N) is 3. The SMILES string of the molecule is CN1CCC(N(C)c2ccc(-c3ccc(C(=N)C(F)(F)F)c(Nc4ccc5onc(N)c5c4)c3F)c(F)c2)C1. The molecular weight excluding hydrogens is 519 g/mol. The van der Waals surface area contributed by atoms with Crippen molar-refractivity contribution < 1.29 is 26.5 Å². The van der Waals surface area contributed by atoms with Crippen LogP contribution in [0.2, 0.25) is 0 Å². The van der Waals surface area contributed by atoms with Crippen LogP contribution >= 0.6 is 0 Å². The number of hydrogen-bond acceptors (Lipinski definition) is 7. The third-order valence-electron chi connectivity index (χ3n) is 7.03. The number of rotatable bonds is 6. The Morgan fingerprint density at radius 2 is 1.87 bits per heavy atom. The fourth-order valence-corrected chi connectivity index (χ4v) is 4.83. The number of halogens is 5. The highest BCUT2D eigenvalue weighted by atomic mass is 19.4. The number of likely N-dealkylation sites (tertiary alicyclic amines) is 1. The van der Waals surface area contributed by atoms with Crippen molar-refractivity contribution in [3.05, 3.63) is 65.7 Å². The van der Waals surface area contributed by atoms with Crippen molar-refractivity contribution in [2.24, 2.45) is 0 Å². The molecule has 5 rings (SSSR count). The number of nitrogens with two attached hydrogens (primary N) is 1. The van der Waals surface area contributed by atoms with Gasteiger partial charge in [0.25, 0.3) is 0 Å². The zero-order chi connectivity index (χ0) is 28.1. The van der Waals surface area contributed by atoms with Crippen LogP contribution in [0.4, 0.5) is 44.8 Å². The maximum atomic E-state index is 15.9. The van der Waals surface area contributed by atoms with Crippen molar-refractivity contribution in [2.45, 2.75) is 18.6 Å². The molecule has 1 aliphatic heterocycles. The standard InChI is InChI=1S/C27H25F5N6O/c1-37-10-9-16(13-37)38(2)15-4-5-17(21(28)12-15)18-6-7-19(25(33)27(30,31)32)24(23(18)29)35-14-3-8-22-20(11-14)26(34)36-39-22/h3-8,11-12,16,33,35H,9-10,13H2,1-2H3,(H2,34,36). The third kappa shape index (κ3) is 4.99. The molecule has 7 nitrogen and oxygen atoms in total. The van der Waals surface area contributed by atoms with Gasteiger partial charge in [-0.05, 0) is 62.5 Å². The van der Waals surface area contributed by atoms with E-state index in [-0.39, 0.29) is 28.7 Å². The maximum Gasteiger partial charge on any atom is 0.433 e. The van der Waals surface area contributed by atoms with Gasteiger partial charge in [0.2, 0.25) is 0 Å². The Morgan fingerprint density at radius 3 is 2.54 bits per heavy atom. The predicted molar refractivity (Wildman–Crippen MR) is 141 cm³/mol. The number of anilines is 4. The Labute approximate surface area is 220 Å². The van der Waals surface area contributed by atoms with Crippen LogP contribution in [0, 0.1) is 17.0 Å². The topological polar surface area (TPSA) is 94.4 Å². The van der Waals surface area contributed by atoms with Gasteiger partial charge in [0.15, 0.2) is 17.2 Å². The van der Waals surface area contributed by atoms with Gasteiger partial charge < -0.3 is 25.4 Å². The van der Waals surface area contributed by atoms with E-state index in [1.165, 1.54) is 30.3 Å². The van der Waals surface area contributed by atoms with E-state index >= 15 is 8.78 Å². The monoisotopic (exact) mass is 544 g/mol. The van der Waals surface area contributed by atoms with Gasteiger partial charge in [0.1, 0.15) is 11.5 Å². The van der Waals surface area contributed by atoms with Crippen molar-refractivity contribution in [1.29, 1.82) is 5.41 Å². The van der Waals surface area contributed by atoms with E-state index < -0.39 is 34.8 Å². The van der Waals surface area contributed by atoms with E-state index in [1.807, 2.05) is 19.0 Å². The van der Waals surface area contributed by atoms with E-state index in [0.29, 0.717) is 16.7 Å². The number of aromatic nitrogens is 1.